The Kier molecular flexibility index (Phi) is 8.62. The Labute approximate surface area is 167 Å². The maximum Gasteiger partial charge on any atom is 0.326 e. The molecule has 0 heterocycles. The highest BCUT2D eigenvalue weighted by molar-refractivity contribution is 6.01. The number of carbonyl (C=O) groups is 1. The topological polar surface area (TPSA) is 71.0 Å². The Morgan fingerprint density at radius 2 is 1.89 bits per heavy atom. The van der Waals surface area contributed by atoms with E-state index in [1.807, 2.05) is 30.3 Å². The van der Waals surface area contributed by atoms with Crippen molar-refractivity contribution >= 4 is 17.4 Å². The molecule has 2 rings (SSSR count). The van der Waals surface area contributed by atoms with Crippen molar-refractivity contribution < 1.29 is 19.4 Å². The normalized spacial score (nSPS) is 10.6. The van der Waals surface area contributed by atoms with E-state index in [1.54, 1.807) is 25.3 Å². The summed E-state index contributed by atoms with van der Waals surface area (Å²) in [4.78, 5) is 14.2. The number of nitrogens with zero attached hydrogens (tertiary/aromatic N) is 1. The number of hydrogen-bond acceptors (Lipinski definition) is 4. The zero-order valence-corrected chi connectivity index (χ0v) is 16.9. The predicted molar refractivity (Wildman–Crippen MR) is 112 cm³/mol. The Bertz CT molecular complexity index is 735. The number of nitrogens with one attached hydrogen (secondary N) is 1. The molecule has 0 atom stereocenters. The lowest BCUT2D eigenvalue weighted by molar-refractivity contribution is 0.252. The van der Waals surface area contributed by atoms with Crippen molar-refractivity contribution in [2.75, 3.05) is 37.1 Å². The maximum absolute atomic E-state index is 12.7. The van der Waals surface area contributed by atoms with E-state index >= 15 is 0 Å². The third-order valence-corrected chi connectivity index (χ3v) is 4.23. The Balaban J connectivity index is 2.09. The van der Waals surface area contributed by atoms with Crippen molar-refractivity contribution in [2.24, 2.45) is 5.92 Å². The zero-order valence-electron chi connectivity index (χ0n) is 16.9. The van der Waals surface area contributed by atoms with Gasteiger partial charge in [-0.25, -0.2) is 4.79 Å². The Morgan fingerprint density at radius 3 is 2.54 bits per heavy atom. The minimum atomic E-state index is -0.323. The van der Waals surface area contributed by atoms with Crippen molar-refractivity contribution in [3.8, 4) is 11.5 Å². The highest BCUT2D eigenvalue weighted by atomic mass is 16.5. The van der Waals surface area contributed by atoms with Crippen LogP contribution in [0, 0.1) is 5.92 Å². The molecule has 28 heavy (non-hydrogen) atoms. The Hall–Kier alpha value is -2.73. The lowest BCUT2D eigenvalue weighted by Gasteiger charge is -2.22. The fourth-order valence-corrected chi connectivity index (χ4v) is 2.79. The van der Waals surface area contributed by atoms with Crippen LogP contribution in [-0.4, -0.2) is 38.0 Å². The molecule has 0 saturated heterocycles. The molecule has 0 bridgehead atoms. The molecule has 0 spiro atoms. The first-order chi connectivity index (χ1) is 13.5. The van der Waals surface area contributed by atoms with E-state index in [2.05, 4.69) is 19.2 Å². The first-order valence-electron chi connectivity index (χ1n) is 9.60. The van der Waals surface area contributed by atoms with Crippen LogP contribution >= 0.6 is 0 Å². The van der Waals surface area contributed by atoms with Gasteiger partial charge in [0.2, 0.25) is 0 Å². The third-order valence-electron chi connectivity index (χ3n) is 4.23. The summed E-state index contributed by atoms with van der Waals surface area (Å²) in [6, 6.07) is 14.2. The van der Waals surface area contributed by atoms with E-state index in [1.165, 1.54) is 4.90 Å². The molecular weight excluding hydrogens is 356 g/mol. The van der Waals surface area contributed by atoms with Gasteiger partial charge in [-0.1, -0.05) is 32.0 Å². The second-order valence-corrected chi connectivity index (χ2v) is 6.89. The highest BCUT2D eigenvalue weighted by Gasteiger charge is 2.16. The summed E-state index contributed by atoms with van der Waals surface area (Å²) in [6.07, 6.45) is 2.04. The fraction of sp³-hybridized carbons (Fsp3) is 0.409. The van der Waals surface area contributed by atoms with Crippen molar-refractivity contribution in [3.63, 3.8) is 0 Å². The van der Waals surface area contributed by atoms with Gasteiger partial charge in [-0.3, -0.25) is 4.90 Å². The second kappa shape index (κ2) is 11.2. The molecule has 0 aliphatic rings. The molecule has 2 aromatic carbocycles. The van der Waals surface area contributed by atoms with Crippen LogP contribution in [0.4, 0.5) is 16.2 Å². The summed E-state index contributed by atoms with van der Waals surface area (Å²) in [5.41, 5.74) is 1.32. The average Bonchev–Trinajstić information content (AvgIpc) is 2.70. The summed E-state index contributed by atoms with van der Waals surface area (Å²) >= 11 is 0. The molecule has 2 amide bonds. The van der Waals surface area contributed by atoms with Crippen molar-refractivity contribution in [1.29, 1.82) is 0 Å². The van der Waals surface area contributed by atoms with E-state index in [9.17, 15) is 9.90 Å². The molecule has 0 aromatic heterocycles. The molecular formula is C22H30N2O4. The summed E-state index contributed by atoms with van der Waals surface area (Å²) in [6.45, 7) is 5.02. The van der Waals surface area contributed by atoms with Crippen molar-refractivity contribution in [3.05, 3.63) is 48.5 Å². The summed E-state index contributed by atoms with van der Waals surface area (Å²) in [5, 5.41) is 12.2. The number of aliphatic hydroxyl groups excluding tert-OH is 1. The van der Waals surface area contributed by atoms with Gasteiger partial charge in [0.25, 0.3) is 0 Å². The van der Waals surface area contributed by atoms with E-state index in [-0.39, 0.29) is 19.2 Å². The van der Waals surface area contributed by atoms with Gasteiger partial charge < -0.3 is 19.9 Å². The van der Waals surface area contributed by atoms with Gasteiger partial charge in [-0.15, -0.1) is 0 Å². The number of aliphatic hydroxyl groups is 1. The van der Waals surface area contributed by atoms with Gasteiger partial charge in [0.05, 0.1) is 26.9 Å². The van der Waals surface area contributed by atoms with Crippen LogP contribution in [0.1, 0.15) is 26.7 Å². The van der Waals surface area contributed by atoms with Gasteiger partial charge in [-0.2, -0.15) is 0 Å². The average molecular weight is 386 g/mol. The fourth-order valence-electron chi connectivity index (χ4n) is 2.79. The van der Waals surface area contributed by atoms with Crippen LogP contribution in [0.5, 0.6) is 11.5 Å². The van der Waals surface area contributed by atoms with E-state index < -0.39 is 0 Å². The van der Waals surface area contributed by atoms with Gasteiger partial charge >= 0.3 is 6.03 Å². The number of amides is 2. The second-order valence-electron chi connectivity index (χ2n) is 6.89. The van der Waals surface area contributed by atoms with Crippen LogP contribution in [0.15, 0.2) is 48.5 Å². The highest BCUT2D eigenvalue weighted by Crippen LogP contribution is 2.31. The molecule has 0 saturated carbocycles. The molecule has 0 unspecified atom stereocenters. The number of carbonyl (C=O) groups excluding carboxylic acids is 1. The quantitative estimate of drug-likeness (QED) is 0.588. The number of methoxy groups -OCH3 is 1. The molecule has 152 valence electrons. The van der Waals surface area contributed by atoms with Gasteiger partial charge in [0.15, 0.2) is 11.5 Å². The minimum Gasteiger partial charge on any atom is -0.493 e. The molecule has 0 aliphatic carbocycles. The van der Waals surface area contributed by atoms with Gasteiger partial charge in [-0.05, 0) is 43.0 Å². The van der Waals surface area contributed by atoms with Gasteiger partial charge in [0, 0.05) is 17.4 Å². The lowest BCUT2D eigenvalue weighted by Crippen LogP contribution is -2.37. The molecule has 6 heteroatoms. The van der Waals surface area contributed by atoms with Gasteiger partial charge in [0.1, 0.15) is 0 Å². The van der Waals surface area contributed by atoms with Crippen LogP contribution < -0.4 is 19.7 Å². The van der Waals surface area contributed by atoms with Crippen LogP contribution in [-0.2, 0) is 0 Å². The summed E-state index contributed by atoms with van der Waals surface area (Å²) in [7, 11) is 1.59. The standard InChI is InChI=1S/C22H30N2O4/c1-17(2)8-7-15-28-21-16-18(11-12-20(21)27-3)23-22(26)24(13-14-25)19-9-5-4-6-10-19/h4-6,9-12,16-17,25H,7-8,13-15H2,1-3H3,(H,23,26). The number of rotatable bonds is 10. The number of hydrogen-bond donors (Lipinski definition) is 2. The first-order valence-corrected chi connectivity index (χ1v) is 9.60. The molecule has 0 radical (unpaired) electrons. The van der Waals surface area contributed by atoms with E-state index in [0.29, 0.717) is 35.4 Å². The number of urea groups is 1. The first kappa shape index (κ1) is 21.6. The van der Waals surface area contributed by atoms with E-state index in [0.717, 1.165) is 12.8 Å². The number of para-hydroxylation sites is 1. The minimum absolute atomic E-state index is 0.130. The smallest absolute Gasteiger partial charge is 0.326 e. The van der Waals surface area contributed by atoms with Crippen molar-refractivity contribution in [1.82, 2.24) is 0 Å². The zero-order chi connectivity index (χ0) is 20.4. The molecule has 2 aromatic rings. The molecule has 2 N–H and O–H groups in total. The number of benzene rings is 2. The van der Waals surface area contributed by atoms with Crippen molar-refractivity contribution in [2.45, 2.75) is 26.7 Å². The van der Waals surface area contributed by atoms with Crippen LogP contribution in [0.3, 0.4) is 0 Å². The monoisotopic (exact) mass is 386 g/mol. The Morgan fingerprint density at radius 1 is 1.14 bits per heavy atom. The number of anilines is 2. The number of ether oxygens (including phenoxy) is 2. The SMILES string of the molecule is COc1ccc(NC(=O)N(CCO)c2ccccc2)cc1OCCCC(C)C. The summed E-state index contributed by atoms with van der Waals surface area (Å²) in [5.74, 6) is 1.85. The maximum atomic E-state index is 12.7. The molecule has 0 aliphatic heterocycles. The lowest BCUT2D eigenvalue weighted by atomic mass is 10.1. The predicted octanol–water partition coefficient (Wildman–Crippen LogP) is 4.54. The molecule has 0 fully saturated rings. The largest absolute Gasteiger partial charge is 0.493 e. The third kappa shape index (κ3) is 6.46. The van der Waals surface area contributed by atoms with E-state index in [4.69, 9.17) is 9.47 Å². The molecule has 6 nitrogen and oxygen atoms in total. The van der Waals surface area contributed by atoms with Crippen LogP contribution in [0.2, 0.25) is 0 Å². The van der Waals surface area contributed by atoms with Crippen LogP contribution in [0.25, 0.3) is 0 Å². The summed E-state index contributed by atoms with van der Waals surface area (Å²) < 4.78 is 11.2.